The lowest BCUT2D eigenvalue weighted by atomic mass is 10.1. The van der Waals surface area contributed by atoms with E-state index in [4.69, 9.17) is 9.90 Å². The number of para-hydroxylation sites is 2. The van der Waals surface area contributed by atoms with Crippen LogP contribution < -0.4 is 10.2 Å². The van der Waals surface area contributed by atoms with Gasteiger partial charge in [-0.2, -0.15) is 13.2 Å². The number of aliphatic carboxylic acids is 1. The highest BCUT2D eigenvalue weighted by molar-refractivity contribution is 6.11. The summed E-state index contributed by atoms with van der Waals surface area (Å²) in [5.41, 5.74) is 3.61. The van der Waals surface area contributed by atoms with Crippen molar-refractivity contribution in [2.45, 2.75) is 19.0 Å². The maximum Gasteiger partial charge on any atom is 0.490 e. The van der Waals surface area contributed by atoms with Crippen molar-refractivity contribution in [2.75, 3.05) is 23.3 Å². The number of H-pyrrole nitrogens is 1. The molecule has 0 radical (unpaired) electrons. The molecule has 30 heavy (non-hydrogen) atoms. The van der Waals surface area contributed by atoms with Gasteiger partial charge in [-0.25, -0.2) is 4.79 Å². The lowest BCUT2D eigenvalue weighted by Gasteiger charge is -2.20. The van der Waals surface area contributed by atoms with Crippen molar-refractivity contribution in [1.29, 1.82) is 0 Å². The molecule has 6 nitrogen and oxygen atoms in total. The van der Waals surface area contributed by atoms with Gasteiger partial charge in [-0.3, -0.25) is 4.79 Å². The van der Waals surface area contributed by atoms with E-state index >= 15 is 0 Å². The van der Waals surface area contributed by atoms with Gasteiger partial charge < -0.3 is 20.3 Å². The van der Waals surface area contributed by atoms with Crippen molar-refractivity contribution in [3.63, 3.8) is 0 Å². The summed E-state index contributed by atoms with van der Waals surface area (Å²) >= 11 is 0. The van der Waals surface area contributed by atoms with Crippen LogP contribution in [-0.2, 0) is 4.79 Å². The molecule has 0 spiro atoms. The van der Waals surface area contributed by atoms with Gasteiger partial charge in [0.25, 0.3) is 5.91 Å². The number of carboxylic acids is 1. The van der Waals surface area contributed by atoms with E-state index in [2.05, 4.69) is 15.2 Å². The Morgan fingerprint density at radius 1 is 1.00 bits per heavy atom. The number of amides is 1. The first-order valence-corrected chi connectivity index (χ1v) is 9.29. The Balaban J connectivity index is 0.000000318. The number of aromatic amines is 1. The molecule has 9 heteroatoms. The van der Waals surface area contributed by atoms with E-state index in [9.17, 15) is 18.0 Å². The zero-order valence-electron chi connectivity index (χ0n) is 15.9. The third kappa shape index (κ3) is 4.91. The number of anilines is 2. The van der Waals surface area contributed by atoms with Gasteiger partial charge in [-0.15, -0.1) is 0 Å². The van der Waals surface area contributed by atoms with Gasteiger partial charge in [-0.1, -0.05) is 30.3 Å². The zero-order valence-corrected chi connectivity index (χ0v) is 15.9. The number of hydrogen-bond acceptors (Lipinski definition) is 3. The molecule has 3 N–H and O–H groups in total. The monoisotopic (exact) mass is 419 g/mol. The van der Waals surface area contributed by atoms with E-state index < -0.39 is 12.1 Å². The van der Waals surface area contributed by atoms with E-state index in [1.165, 1.54) is 12.8 Å². The van der Waals surface area contributed by atoms with Crippen molar-refractivity contribution >= 4 is 34.2 Å². The molecule has 0 aliphatic carbocycles. The van der Waals surface area contributed by atoms with Crippen molar-refractivity contribution in [3.05, 3.63) is 60.3 Å². The summed E-state index contributed by atoms with van der Waals surface area (Å²) in [7, 11) is 0. The lowest BCUT2D eigenvalue weighted by Crippen LogP contribution is -2.22. The van der Waals surface area contributed by atoms with Gasteiger partial charge in [0.2, 0.25) is 0 Å². The number of halogens is 3. The Hall–Kier alpha value is -3.49. The van der Waals surface area contributed by atoms with E-state index in [1.54, 1.807) is 0 Å². The maximum atomic E-state index is 12.8. The largest absolute Gasteiger partial charge is 0.490 e. The molecule has 1 aliphatic heterocycles. The zero-order chi connectivity index (χ0) is 21.7. The second kappa shape index (κ2) is 8.89. The van der Waals surface area contributed by atoms with Crippen molar-refractivity contribution < 1.29 is 27.9 Å². The summed E-state index contributed by atoms with van der Waals surface area (Å²) in [5, 5.41) is 11.2. The highest BCUT2D eigenvalue weighted by Gasteiger charge is 2.38. The fourth-order valence-electron chi connectivity index (χ4n) is 3.26. The van der Waals surface area contributed by atoms with Gasteiger partial charge in [0.1, 0.15) is 0 Å². The Labute approximate surface area is 170 Å². The van der Waals surface area contributed by atoms with Crippen LogP contribution in [0.25, 0.3) is 10.9 Å². The molecule has 1 amide bonds. The molecule has 0 atom stereocenters. The fourth-order valence-corrected chi connectivity index (χ4v) is 3.26. The van der Waals surface area contributed by atoms with Crippen LogP contribution in [0, 0.1) is 0 Å². The summed E-state index contributed by atoms with van der Waals surface area (Å²) < 4.78 is 31.7. The molecule has 1 aliphatic rings. The van der Waals surface area contributed by atoms with Gasteiger partial charge in [0, 0.05) is 35.9 Å². The number of nitrogens with one attached hydrogen (secondary N) is 2. The second-order valence-electron chi connectivity index (χ2n) is 6.72. The summed E-state index contributed by atoms with van der Waals surface area (Å²) in [5.74, 6) is -2.82. The molecular formula is C21H20F3N3O3. The van der Waals surface area contributed by atoms with E-state index in [0.717, 1.165) is 40.9 Å². The number of fused-ring (bicyclic) bond motifs is 1. The predicted molar refractivity (Wildman–Crippen MR) is 108 cm³/mol. The number of carbonyl (C=O) groups is 2. The highest BCUT2D eigenvalue weighted by Crippen LogP contribution is 2.27. The first-order chi connectivity index (χ1) is 14.3. The van der Waals surface area contributed by atoms with E-state index in [1.807, 2.05) is 54.7 Å². The molecule has 0 unspecified atom stereocenters. The average Bonchev–Trinajstić information content (AvgIpc) is 3.38. The first kappa shape index (κ1) is 21.2. The lowest BCUT2D eigenvalue weighted by molar-refractivity contribution is -0.192. The van der Waals surface area contributed by atoms with Crippen LogP contribution in [0.15, 0.2) is 54.7 Å². The number of carboxylic acid groups (broad SMARTS) is 1. The minimum Gasteiger partial charge on any atom is -0.475 e. The first-order valence-electron chi connectivity index (χ1n) is 9.29. The fraction of sp³-hybridized carbons (Fsp3) is 0.238. The minimum absolute atomic E-state index is 0.0581. The standard InChI is InChI=1S/C19H19N3O.C2HF3O2/c23-19(21-17-13-20-16-9-3-1-7-14(16)17)15-8-2-4-10-18(15)22-11-5-6-12-22;3-2(4,5)1(6)7/h1-4,7-10,13,20H,5-6,11-12H2,(H,21,23);(H,6,7). The Bertz CT molecular complexity index is 1040. The Kier molecular flexibility index (Phi) is 6.29. The topological polar surface area (TPSA) is 85.4 Å². The van der Waals surface area contributed by atoms with Crippen molar-refractivity contribution in [1.82, 2.24) is 4.98 Å². The quantitative estimate of drug-likeness (QED) is 0.577. The van der Waals surface area contributed by atoms with Gasteiger partial charge in [0.05, 0.1) is 11.3 Å². The molecule has 3 aromatic rings. The molecule has 2 heterocycles. The molecule has 1 aromatic heterocycles. The molecule has 1 fully saturated rings. The third-order valence-electron chi connectivity index (χ3n) is 4.68. The molecule has 4 rings (SSSR count). The van der Waals surface area contributed by atoms with Crippen LogP contribution in [-0.4, -0.2) is 41.2 Å². The van der Waals surface area contributed by atoms with Gasteiger partial charge >= 0.3 is 12.1 Å². The van der Waals surface area contributed by atoms with Crippen LogP contribution in [0.5, 0.6) is 0 Å². The summed E-state index contributed by atoms with van der Waals surface area (Å²) in [6.07, 6.45) is -0.849. The average molecular weight is 419 g/mol. The van der Waals surface area contributed by atoms with E-state index in [-0.39, 0.29) is 5.91 Å². The molecule has 0 saturated carbocycles. The molecule has 1 saturated heterocycles. The summed E-state index contributed by atoms with van der Waals surface area (Å²) in [4.78, 5) is 27.2. The normalized spacial score (nSPS) is 13.6. The minimum atomic E-state index is -5.08. The third-order valence-corrected chi connectivity index (χ3v) is 4.68. The maximum absolute atomic E-state index is 12.8. The molecule has 158 valence electrons. The predicted octanol–water partition coefficient (Wildman–Crippen LogP) is 4.65. The number of carbonyl (C=O) groups excluding carboxylic acids is 1. The number of nitrogens with zero attached hydrogens (tertiary/aromatic N) is 1. The molecular weight excluding hydrogens is 399 g/mol. The summed E-state index contributed by atoms with van der Waals surface area (Å²) in [6, 6.07) is 15.8. The number of aromatic nitrogens is 1. The smallest absolute Gasteiger partial charge is 0.475 e. The summed E-state index contributed by atoms with van der Waals surface area (Å²) in [6.45, 7) is 2.05. The SMILES string of the molecule is O=C(Nc1c[nH]c2ccccc12)c1ccccc1N1CCCC1.O=C(O)C(F)(F)F. The number of alkyl halides is 3. The van der Waals surface area contributed by atoms with Crippen LogP contribution in [0.2, 0.25) is 0 Å². The number of rotatable bonds is 3. The highest BCUT2D eigenvalue weighted by atomic mass is 19.4. The van der Waals surface area contributed by atoms with Crippen molar-refractivity contribution in [3.8, 4) is 0 Å². The Morgan fingerprint density at radius 2 is 1.60 bits per heavy atom. The van der Waals surface area contributed by atoms with Gasteiger partial charge in [0.15, 0.2) is 0 Å². The number of hydrogen-bond donors (Lipinski definition) is 3. The van der Waals surface area contributed by atoms with Crippen LogP contribution in [0.4, 0.5) is 24.5 Å². The number of benzene rings is 2. The van der Waals surface area contributed by atoms with Crippen LogP contribution in [0.1, 0.15) is 23.2 Å². The second-order valence-corrected chi connectivity index (χ2v) is 6.72. The van der Waals surface area contributed by atoms with E-state index in [0.29, 0.717) is 0 Å². The Morgan fingerprint density at radius 3 is 2.27 bits per heavy atom. The molecule has 2 aromatic carbocycles. The molecule has 0 bridgehead atoms. The van der Waals surface area contributed by atoms with Gasteiger partial charge in [-0.05, 0) is 31.0 Å². The van der Waals surface area contributed by atoms with Crippen LogP contribution in [0.3, 0.4) is 0 Å². The van der Waals surface area contributed by atoms with Crippen LogP contribution >= 0.6 is 0 Å². The van der Waals surface area contributed by atoms with Crippen molar-refractivity contribution in [2.24, 2.45) is 0 Å².